The Morgan fingerprint density at radius 1 is 0.528 bits per heavy atom. The third kappa shape index (κ3) is 4.31. The summed E-state index contributed by atoms with van der Waals surface area (Å²) in [7, 11) is 0. The smallest absolute Gasteiger partial charge is 0.234 e. The van der Waals surface area contributed by atoms with E-state index in [9.17, 15) is 0 Å². The fraction of sp³-hybridized carbons (Fsp3) is 0.0833. The minimum Gasteiger partial charge on any atom is -0.344 e. The number of aliphatic imine (C=N–C) groups is 2. The SMILES string of the molecule is CC1(C)c2ccccc2-c2cc3c4ccc5c6ccccc6n(-c6ccccc6)c5c4n(C4=NC(c5ccccc5)NC(c5ccccc5)=N4)c3cc21. The third-order valence-electron chi connectivity index (χ3n) is 11.4. The van der Waals surface area contributed by atoms with Crippen molar-refractivity contribution < 1.29 is 0 Å². The lowest BCUT2D eigenvalue weighted by molar-refractivity contribution is 0.660. The maximum absolute atomic E-state index is 5.47. The molecular weight excluding hydrogens is 647 g/mol. The molecule has 0 bridgehead atoms. The number of aromatic nitrogens is 2. The molecule has 0 amide bonds. The van der Waals surface area contributed by atoms with Gasteiger partial charge < -0.3 is 9.88 Å². The Hall–Kier alpha value is -6.72. The van der Waals surface area contributed by atoms with Gasteiger partial charge >= 0.3 is 0 Å². The molecule has 2 aliphatic rings. The van der Waals surface area contributed by atoms with Gasteiger partial charge in [0.2, 0.25) is 5.96 Å². The minimum absolute atomic E-state index is 0.170. The van der Waals surface area contributed by atoms with Crippen LogP contribution in [0, 0.1) is 0 Å². The lowest BCUT2D eigenvalue weighted by atomic mass is 9.82. The second kappa shape index (κ2) is 11.1. The molecule has 0 fully saturated rings. The number of hydrogen-bond acceptors (Lipinski definition) is 3. The zero-order valence-electron chi connectivity index (χ0n) is 29.5. The molecule has 1 aliphatic heterocycles. The van der Waals surface area contributed by atoms with Gasteiger partial charge in [0.15, 0.2) is 0 Å². The molecule has 2 aromatic heterocycles. The second-order valence-electron chi connectivity index (χ2n) is 14.7. The van der Waals surface area contributed by atoms with Crippen molar-refractivity contribution in [2.75, 3.05) is 0 Å². The summed E-state index contributed by atoms with van der Waals surface area (Å²) in [4.78, 5) is 10.9. The van der Waals surface area contributed by atoms with Gasteiger partial charge in [0, 0.05) is 38.2 Å². The highest BCUT2D eigenvalue weighted by Crippen LogP contribution is 2.51. The first-order valence-corrected chi connectivity index (χ1v) is 18.3. The van der Waals surface area contributed by atoms with Crippen molar-refractivity contribution in [3.8, 4) is 16.8 Å². The lowest BCUT2D eigenvalue weighted by Crippen LogP contribution is -2.35. The first kappa shape index (κ1) is 30.0. The van der Waals surface area contributed by atoms with E-state index in [0.29, 0.717) is 5.96 Å². The van der Waals surface area contributed by atoms with Crippen molar-refractivity contribution >= 4 is 55.4 Å². The van der Waals surface area contributed by atoms with E-state index in [-0.39, 0.29) is 11.6 Å². The molecule has 53 heavy (non-hydrogen) atoms. The normalized spacial score (nSPS) is 16.1. The topological polar surface area (TPSA) is 46.6 Å². The van der Waals surface area contributed by atoms with Crippen molar-refractivity contribution in [1.29, 1.82) is 0 Å². The Kier molecular flexibility index (Phi) is 6.30. The Bertz CT molecular complexity index is 2980. The number of para-hydroxylation sites is 2. The summed E-state index contributed by atoms with van der Waals surface area (Å²) in [6, 6.07) is 58.7. The molecular formula is C48H35N5. The van der Waals surface area contributed by atoms with Crippen molar-refractivity contribution in [3.63, 3.8) is 0 Å². The summed E-state index contributed by atoms with van der Waals surface area (Å²) in [5.74, 6) is 1.45. The monoisotopic (exact) mass is 681 g/mol. The first-order chi connectivity index (χ1) is 26.1. The number of benzene rings is 7. The summed E-state index contributed by atoms with van der Waals surface area (Å²) in [5.41, 5.74) is 12.8. The van der Waals surface area contributed by atoms with Gasteiger partial charge in [-0.2, -0.15) is 4.99 Å². The Balaban J connectivity index is 1.32. The molecule has 1 unspecified atom stereocenters. The molecule has 0 saturated carbocycles. The van der Waals surface area contributed by atoms with E-state index in [2.05, 4.69) is 186 Å². The van der Waals surface area contributed by atoms with Crippen molar-refractivity contribution in [2.45, 2.75) is 25.4 Å². The van der Waals surface area contributed by atoms with Crippen molar-refractivity contribution in [3.05, 3.63) is 186 Å². The van der Waals surface area contributed by atoms with E-state index in [4.69, 9.17) is 9.98 Å². The van der Waals surface area contributed by atoms with Gasteiger partial charge in [-0.3, -0.25) is 4.57 Å². The minimum atomic E-state index is -0.333. The number of rotatable bonds is 3. The zero-order valence-corrected chi connectivity index (χ0v) is 29.5. The quantitative estimate of drug-likeness (QED) is 0.198. The lowest BCUT2D eigenvalue weighted by Gasteiger charge is -2.25. The molecule has 1 atom stereocenters. The number of nitrogens with one attached hydrogen (secondary N) is 1. The first-order valence-electron chi connectivity index (χ1n) is 18.3. The second-order valence-corrected chi connectivity index (χ2v) is 14.7. The van der Waals surface area contributed by atoms with E-state index in [0.717, 1.165) is 39.2 Å². The van der Waals surface area contributed by atoms with Gasteiger partial charge in [-0.1, -0.05) is 147 Å². The summed E-state index contributed by atoms with van der Waals surface area (Å²) >= 11 is 0. The highest BCUT2D eigenvalue weighted by Gasteiger charge is 2.37. The summed E-state index contributed by atoms with van der Waals surface area (Å²) in [5, 5.41) is 8.45. The largest absolute Gasteiger partial charge is 0.344 e. The molecule has 11 rings (SSSR count). The predicted octanol–water partition coefficient (Wildman–Crippen LogP) is 11.2. The van der Waals surface area contributed by atoms with Gasteiger partial charge in [0.25, 0.3) is 0 Å². The average Bonchev–Trinajstić information content (AvgIpc) is 3.81. The fourth-order valence-electron chi connectivity index (χ4n) is 8.88. The van der Waals surface area contributed by atoms with E-state index < -0.39 is 0 Å². The highest BCUT2D eigenvalue weighted by molar-refractivity contribution is 6.27. The van der Waals surface area contributed by atoms with E-state index in [1.807, 2.05) is 6.07 Å². The van der Waals surface area contributed by atoms with Crippen LogP contribution in [0.4, 0.5) is 0 Å². The molecule has 9 aromatic rings. The van der Waals surface area contributed by atoms with Gasteiger partial charge in [-0.15, -0.1) is 0 Å². The van der Waals surface area contributed by atoms with Crippen LogP contribution in [-0.4, -0.2) is 20.9 Å². The fourth-order valence-corrected chi connectivity index (χ4v) is 8.88. The number of nitrogens with zero attached hydrogens (tertiary/aromatic N) is 4. The van der Waals surface area contributed by atoms with Crippen LogP contribution < -0.4 is 5.32 Å². The van der Waals surface area contributed by atoms with Crippen LogP contribution in [0.2, 0.25) is 0 Å². The van der Waals surface area contributed by atoms with E-state index >= 15 is 0 Å². The molecule has 5 nitrogen and oxygen atoms in total. The molecule has 0 saturated heterocycles. The molecule has 3 heterocycles. The van der Waals surface area contributed by atoms with Crippen LogP contribution in [0.15, 0.2) is 174 Å². The molecule has 5 heteroatoms. The van der Waals surface area contributed by atoms with Gasteiger partial charge in [-0.05, 0) is 58.1 Å². The Morgan fingerprint density at radius 2 is 1.17 bits per heavy atom. The van der Waals surface area contributed by atoms with Gasteiger partial charge in [-0.25, -0.2) is 4.99 Å². The molecule has 0 spiro atoms. The number of hydrogen-bond donors (Lipinski definition) is 1. The number of amidine groups is 1. The average molecular weight is 682 g/mol. The molecule has 1 aliphatic carbocycles. The highest BCUT2D eigenvalue weighted by atomic mass is 15.3. The van der Waals surface area contributed by atoms with Crippen LogP contribution in [0.5, 0.6) is 0 Å². The Labute approximate surface area is 307 Å². The summed E-state index contributed by atoms with van der Waals surface area (Å²) in [6.45, 7) is 4.70. The van der Waals surface area contributed by atoms with Crippen LogP contribution >= 0.6 is 0 Å². The van der Waals surface area contributed by atoms with Crippen LogP contribution in [0.3, 0.4) is 0 Å². The predicted molar refractivity (Wildman–Crippen MR) is 219 cm³/mol. The van der Waals surface area contributed by atoms with Crippen molar-refractivity contribution in [2.24, 2.45) is 9.98 Å². The molecule has 252 valence electrons. The van der Waals surface area contributed by atoms with Crippen LogP contribution in [-0.2, 0) is 5.41 Å². The standard InChI is InChI=1S/C48H35N5/c1-48(2)39-24-14-12-22-33(39)37-28-38-36-27-26-35-34-23-13-15-25-41(34)52(32-20-10-5-11-21-32)43(35)44(36)53(42(38)29-40(37)48)47-50-45(30-16-6-3-7-17-30)49-46(51-47)31-18-8-4-9-19-31/h3-29,45H,1-2H3,(H,49,50,51). The van der Waals surface area contributed by atoms with E-state index in [1.54, 1.807) is 0 Å². The summed E-state index contributed by atoms with van der Waals surface area (Å²) in [6.07, 6.45) is -0.333. The van der Waals surface area contributed by atoms with E-state index in [1.165, 1.54) is 49.3 Å². The van der Waals surface area contributed by atoms with Crippen LogP contribution in [0.1, 0.15) is 42.3 Å². The molecule has 1 N–H and O–H groups in total. The number of fused-ring (bicyclic) bond motifs is 10. The van der Waals surface area contributed by atoms with Crippen LogP contribution in [0.25, 0.3) is 60.4 Å². The molecule has 0 radical (unpaired) electrons. The van der Waals surface area contributed by atoms with Gasteiger partial charge in [0.05, 0.1) is 22.1 Å². The maximum Gasteiger partial charge on any atom is 0.234 e. The summed E-state index contributed by atoms with van der Waals surface area (Å²) < 4.78 is 4.78. The molecule has 7 aromatic carbocycles. The third-order valence-corrected chi connectivity index (χ3v) is 11.4. The zero-order chi connectivity index (χ0) is 35.3. The van der Waals surface area contributed by atoms with Crippen molar-refractivity contribution in [1.82, 2.24) is 14.5 Å². The van der Waals surface area contributed by atoms with Gasteiger partial charge in [0.1, 0.15) is 12.0 Å². The maximum atomic E-state index is 5.47. The Morgan fingerprint density at radius 3 is 1.96 bits per heavy atom.